The molecule has 1 fully saturated rings. The van der Waals surface area contributed by atoms with E-state index >= 15 is 0 Å². The molecule has 0 aliphatic carbocycles. The molecule has 0 unspecified atom stereocenters. The Bertz CT molecular complexity index is 1290. The lowest BCUT2D eigenvalue weighted by atomic mass is 10.1. The first kappa shape index (κ1) is 23.0. The fourth-order valence-corrected chi connectivity index (χ4v) is 4.04. The van der Waals surface area contributed by atoms with Crippen molar-refractivity contribution in [3.05, 3.63) is 78.9 Å². The molecule has 3 aromatic carbocycles. The van der Waals surface area contributed by atoms with E-state index in [1.807, 2.05) is 37.3 Å². The van der Waals surface area contributed by atoms with Crippen molar-refractivity contribution in [2.45, 2.75) is 19.0 Å². The molecule has 3 aromatic rings. The molecule has 36 heavy (non-hydrogen) atoms. The number of nitrogens with zero attached hydrogens (tertiary/aromatic N) is 4. The predicted octanol–water partition coefficient (Wildman–Crippen LogP) is 3.81. The van der Waals surface area contributed by atoms with Crippen molar-refractivity contribution >= 4 is 29.1 Å². The van der Waals surface area contributed by atoms with E-state index in [9.17, 15) is 14.4 Å². The lowest BCUT2D eigenvalue weighted by molar-refractivity contribution is -0.123. The summed E-state index contributed by atoms with van der Waals surface area (Å²) in [6, 6.07) is 21.0. The number of imide groups is 1. The summed E-state index contributed by atoms with van der Waals surface area (Å²) in [7, 11) is 0. The molecule has 3 amide bonds. The minimum absolute atomic E-state index is 0.233. The zero-order valence-corrected chi connectivity index (χ0v) is 19.4. The van der Waals surface area contributed by atoms with Crippen LogP contribution >= 0.6 is 0 Å². The van der Waals surface area contributed by atoms with Gasteiger partial charge in [0.1, 0.15) is 23.8 Å². The van der Waals surface area contributed by atoms with E-state index in [0.717, 1.165) is 4.90 Å². The number of carbonyl (C=O) groups is 3. The molecule has 0 bridgehead atoms. The summed E-state index contributed by atoms with van der Waals surface area (Å²) in [4.78, 5) is 39.7. The summed E-state index contributed by atoms with van der Waals surface area (Å²) < 4.78 is 11.2. The van der Waals surface area contributed by atoms with Crippen LogP contribution in [0, 0.1) is 0 Å². The highest BCUT2D eigenvalue weighted by molar-refractivity contribution is 6.25. The summed E-state index contributed by atoms with van der Waals surface area (Å²) in [6.45, 7) is 2.14. The molecular weight excluding hydrogens is 462 g/mol. The maximum Gasteiger partial charge on any atom is 0.263 e. The van der Waals surface area contributed by atoms with Crippen LogP contribution in [0.25, 0.3) is 0 Å². The van der Waals surface area contributed by atoms with Crippen LogP contribution in [0.2, 0.25) is 0 Å². The van der Waals surface area contributed by atoms with E-state index in [0.29, 0.717) is 35.2 Å². The third kappa shape index (κ3) is 4.61. The predicted molar refractivity (Wildman–Crippen MR) is 131 cm³/mol. The second kappa shape index (κ2) is 9.87. The van der Waals surface area contributed by atoms with E-state index in [1.165, 1.54) is 5.01 Å². The second-order valence-electron chi connectivity index (χ2n) is 8.12. The van der Waals surface area contributed by atoms with Gasteiger partial charge in [-0.05, 0) is 67.6 Å². The maximum atomic E-state index is 13.1. The molecule has 2 atom stereocenters. The van der Waals surface area contributed by atoms with Gasteiger partial charge in [-0.3, -0.25) is 19.4 Å². The lowest BCUT2D eigenvalue weighted by Gasteiger charge is -2.20. The summed E-state index contributed by atoms with van der Waals surface area (Å²) in [5, 5.41) is 11.9. The van der Waals surface area contributed by atoms with Gasteiger partial charge in [-0.1, -0.05) is 23.4 Å². The van der Waals surface area contributed by atoms with Gasteiger partial charge < -0.3 is 14.8 Å². The summed E-state index contributed by atoms with van der Waals surface area (Å²) in [5.74, 6) is 0.617. The van der Waals surface area contributed by atoms with Crippen molar-refractivity contribution in [2.24, 2.45) is 10.3 Å². The Morgan fingerprint density at radius 2 is 1.56 bits per heavy atom. The Morgan fingerprint density at radius 1 is 0.889 bits per heavy atom. The Kier molecular flexibility index (Phi) is 6.31. The van der Waals surface area contributed by atoms with Gasteiger partial charge in [-0.15, -0.1) is 0 Å². The highest BCUT2D eigenvalue weighted by Crippen LogP contribution is 2.32. The number of para-hydroxylation sites is 1. The number of benzene rings is 3. The monoisotopic (exact) mass is 485 g/mol. The number of fused-ring (bicyclic) bond motifs is 1. The fraction of sp³-hybridized carbons (Fsp3) is 0.192. The normalized spacial score (nSPS) is 18.4. The molecule has 0 saturated carbocycles. The van der Waals surface area contributed by atoms with Crippen LogP contribution < -0.4 is 19.7 Å². The molecule has 0 aromatic heterocycles. The van der Waals surface area contributed by atoms with Gasteiger partial charge >= 0.3 is 0 Å². The van der Waals surface area contributed by atoms with Gasteiger partial charge in [0, 0.05) is 5.69 Å². The number of hydrogen-bond donors (Lipinski definition) is 1. The molecule has 0 radical (unpaired) electrons. The summed E-state index contributed by atoms with van der Waals surface area (Å²) in [5.41, 5.74) is 0.971. The molecule has 2 aliphatic heterocycles. The van der Waals surface area contributed by atoms with Gasteiger partial charge in [-0.2, -0.15) is 5.11 Å². The first-order chi connectivity index (χ1) is 17.5. The van der Waals surface area contributed by atoms with Gasteiger partial charge in [-0.25, -0.2) is 4.90 Å². The van der Waals surface area contributed by atoms with Crippen molar-refractivity contribution in [1.82, 2.24) is 5.01 Å². The molecular formula is C26H23N5O5. The van der Waals surface area contributed by atoms with E-state index in [2.05, 4.69) is 15.7 Å². The maximum absolute atomic E-state index is 13.1. The third-order valence-electron chi connectivity index (χ3n) is 5.69. The van der Waals surface area contributed by atoms with Gasteiger partial charge in [0.25, 0.3) is 11.8 Å². The first-order valence-electron chi connectivity index (χ1n) is 11.4. The molecule has 1 N–H and O–H groups in total. The van der Waals surface area contributed by atoms with Crippen LogP contribution in [0.5, 0.6) is 17.2 Å². The van der Waals surface area contributed by atoms with Crippen molar-refractivity contribution in [3.8, 4) is 17.2 Å². The molecule has 2 heterocycles. The van der Waals surface area contributed by atoms with E-state index < -0.39 is 29.8 Å². The first-order valence-corrected chi connectivity index (χ1v) is 11.4. The average Bonchev–Trinajstić information content (AvgIpc) is 3.41. The molecule has 2 aliphatic rings. The number of amides is 3. The van der Waals surface area contributed by atoms with E-state index in [1.54, 1.807) is 48.5 Å². The van der Waals surface area contributed by atoms with Crippen LogP contribution in [-0.2, 0) is 14.4 Å². The highest BCUT2D eigenvalue weighted by Gasteiger charge is 2.55. The van der Waals surface area contributed by atoms with Crippen LogP contribution in [0.1, 0.15) is 6.92 Å². The van der Waals surface area contributed by atoms with Crippen molar-refractivity contribution in [1.29, 1.82) is 0 Å². The Balaban J connectivity index is 1.21. The Hall–Kier alpha value is -4.73. The van der Waals surface area contributed by atoms with Crippen molar-refractivity contribution < 1.29 is 23.9 Å². The van der Waals surface area contributed by atoms with Crippen LogP contribution in [0.3, 0.4) is 0 Å². The zero-order chi connectivity index (χ0) is 25.1. The minimum Gasteiger partial charge on any atom is -0.494 e. The number of anilines is 2. The fourth-order valence-electron chi connectivity index (χ4n) is 4.04. The number of hydrogen-bond acceptors (Lipinski definition) is 8. The number of carbonyl (C=O) groups excluding carboxylic acids is 3. The zero-order valence-electron chi connectivity index (χ0n) is 19.4. The second-order valence-corrected chi connectivity index (χ2v) is 8.12. The summed E-state index contributed by atoms with van der Waals surface area (Å²) >= 11 is 0. The van der Waals surface area contributed by atoms with Gasteiger partial charge in [0.05, 0.1) is 12.3 Å². The number of ether oxygens (including phenoxy) is 2. The Morgan fingerprint density at radius 3 is 2.25 bits per heavy atom. The van der Waals surface area contributed by atoms with Crippen LogP contribution in [0.4, 0.5) is 11.4 Å². The van der Waals surface area contributed by atoms with Gasteiger partial charge in [0.2, 0.25) is 5.91 Å². The quantitative estimate of drug-likeness (QED) is 0.486. The van der Waals surface area contributed by atoms with Crippen molar-refractivity contribution in [3.63, 3.8) is 0 Å². The highest BCUT2D eigenvalue weighted by atomic mass is 16.5. The lowest BCUT2D eigenvalue weighted by Crippen LogP contribution is -2.43. The van der Waals surface area contributed by atoms with Crippen molar-refractivity contribution in [2.75, 3.05) is 23.4 Å². The van der Waals surface area contributed by atoms with E-state index in [4.69, 9.17) is 9.47 Å². The number of nitrogens with one attached hydrogen (secondary N) is 1. The molecule has 5 rings (SSSR count). The van der Waals surface area contributed by atoms with E-state index in [-0.39, 0.29) is 6.54 Å². The van der Waals surface area contributed by atoms with Gasteiger partial charge in [0.15, 0.2) is 12.1 Å². The molecule has 0 spiro atoms. The van der Waals surface area contributed by atoms with Crippen LogP contribution in [-0.4, -0.2) is 48.0 Å². The standard InChI is InChI=1S/C26H23N5O5/c1-2-35-19-14-10-18(11-15-19)31-25(33)23-24(26(31)34)30(29-28-23)16-22(32)27-17-8-12-21(13-9-17)36-20-6-4-3-5-7-20/h3-15,23-24H,2,16H2,1H3,(H,27,32)/t23-,24+/m0/s1. The molecule has 10 nitrogen and oxygen atoms in total. The SMILES string of the molecule is CCOc1ccc(N2C(=O)[C@H]3N=NN(CC(=O)Nc4ccc(Oc5ccccc5)cc4)[C@H]3C2=O)cc1. The van der Waals surface area contributed by atoms with Crippen LogP contribution in [0.15, 0.2) is 89.2 Å². The average molecular weight is 486 g/mol. The summed E-state index contributed by atoms with van der Waals surface area (Å²) in [6.07, 6.45) is 0. The molecule has 10 heteroatoms. The molecule has 1 saturated heterocycles. The topological polar surface area (TPSA) is 113 Å². The third-order valence-corrected chi connectivity index (χ3v) is 5.69. The smallest absolute Gasteiger partial charge is 0.263 e. The minimum atomic E-state index is -0.980. The number of rotatable bonds is 8. The molecule has 182 valence electrons. The Labute approximate surface area is 207 Å². The largest absolute Gasteiger partial charge is 0.494 e.